The van der Waals surface area contributed by atoms with Gasteiger partial charge in [-0.05, 0) is 50.6 Å². The van der Waals surface area contributed by atoms with Crippen molar-refractivity contribution in [2.75, 3.05) is 13.6 Å². The number of hydrogen-bond acceptors (Lipinski definition) is 6. The van der Waals surface area contributed by atoms with Crippen molar-refractivity contribution < 1.29 is 14.4 Å². The van der Waals surface area contributed by atoms with Crippen LogP contribution in [-0.4, -0.2) is 62.7 Å². The van der Waals surface area contributed by atoms with Gasteiger partial charge < -0.3 is 9.80 Å². The van der Waals surface area contributed by atoms with Crippen molar-refractivity contribution in [1.82, 2.24) is 19.4 Å². The molecule has 1 aromatic rings. The molecule has 1 fully saturated rings. The number of nitrogens with zero attached hydrogens (tertiary/aromatic N) is 4. The number of ketones is 1. The standard InChI is InChI=1S/C17H26N4O3S/c1-10(2)9-14(12(4)22)20(5)16(23)13-7-6-8-21(13)17(24)15-11(3)18-19-25-15/h10,13-14H,6-9H2,1-5H3/t13?,14-/m1/s1. The summed E-state index contributed by atoms with van der Waals surface area (Å²) in [4.78, 5) is 41.4. The average molecular weight is 366 g/mol. The number of hydrogen-bond donors (Lipinski definition) is 0. The minimum Gasteiger partial charge on any atom is -0.334 e. The smallest absolute Gasteiger partial charge is 0.268 e. The van der Waals surface area contributed by atoms with Crippen LogP contribution in [0, 0.1) is 12.8 Å². The number of likely N-dealkylation sites (N-methyl/N-ethyl adjacent to an activating group) is 1. The van der Waals surface area contributed by atoms with Crippen LogP contribution in [0.3, 0.4) is 0 Å². The predicted molar refractivity (Wildman–Crippen MR) is 95.4 cm³/mol. The number of carbonyl (C=O) groups excluding carboxylic acids is 3. The van der Waals surface area contributed by atoms with Crippen molar-refractivity contribution in [2.24, 2.45) is 5.92 Å². The van der Waals surface area contributed by atoms with Crippen molar-refractivity contribution in [1.29, 1.82) is 0 Å². The lowest BCUT2D eigenvalue weighted by molar-refractivity contribution is -0.141. The van der Waals surface area contributed by atoms with E-state index < -0.39 is 12.1 Å². The van der Waals surface area contributed by atoms with Crippen LogP contribution < -0.4 is 0 Å². The van der Waals surface area contributed by atoms with Crippen molar-refractivity contribution in [3.8, 4) is 0 Å². The van der Waals surface area contributed by atoms with E-state index in [9.17, 15) is 14.4 Å². The van der Waals surface area contributed by atoms with E-state index in [2.05, 4.69) is 9.59 Å². The maximum atomic E-state index is 13.0. The molecule has 0 saturated carbocycles. The SMILES string of the molecule is CC(=O)[C@@H](CC(C)C)N(C)C(=O)C1CCCN1C(=O)c1snnc1C. The van der Waals surface area contributed by atoms with E-state index >= 15 is 0 Å². The first-order valence-electron chi connectivity index (χ1n) is 8.61. The van der Waals surface area contributed by atoms with E-state index in [1.165, 1.54) is 11.8 Å². The summed E-state index contributed by atoms with van der Waals surface area (Å²) in [6.07, 6.45) is 2.01. The number of aryl methyl sites for hydroxylation is 1. The average Bonchev–Trinajstić information content (AvgIpc) is 3.19. The normalized spacial score (nSPS) is 18.5. The van der Waals surface area contributed by atoms with Gasteiger partial charge in [-0.25, -0.2) is 0 Å². The molecule has 0 radical (unpaired) electrons. The first-order chi connectivity index (χ1) is 11.7. The molecule has 25 heavy (non-hydrogen) atoms. The summed E-state index contributed by atoms with van der Waals surface area (Å²) in [5.41, 5.74) is 0.586. The van der Waals surface area contributed by atoms with Crippen LogP contribution in [0.25, 0.3) is 0 Å². The topological polar surface area (TPSA) is 83.5 Å². The van der Waals surface area contributed by atoms with Gasteiger partial charge in [0.2, 0.25) is 5.91 Å². The second-order valence-corrected chi connectivity index (χ2v) is 7.80. The van der Waals surface area contributed by atoms with E-state index in [1.807, 2.05) is 13.8 Å². The molecule has 0 spiro atoms. The molecule has 8 heteroatoms. The highest BCUT2D eigenvalue weighted by Crippen LogP contribution is 2.25. The van der Waals surface area contributed by atoms with E-state index in [4.69, 9.17) is 0 Å². The molecule has 0 N–H and O–H groups in total. The molecular formula is C17H26N4O3S. The molecule has 1 aromatic heterocycles. The van der Waals surface area contributed by atoms with Crippen LogP contribution >= 0.6 is 11.5 Å². The monoisotopic (exact) mass is 366 g/mol. The molecule has 2 heterocycles. The van der Waals surface area contributed by atoms with Crippen LogP contribution in [0.5, 0.6) is 0 Å². The Labute approximate surface area is 152 Å². The van der Waals surface area contributed by atoms with E-state index in [-0.39, 0.29) is 17.6 Å². The second kappa shape index (κ2) is 8.03. The Morgan fingerprint density at radius 3 is 2.56 bits per heavy atom. The molecule has 2 amide bonds. The lowest BCUT2D eigenvalue weighted by atomic mass is 9.99. The molecule has 0 aliphatic carbocycles. The van der Waals surface area contributed by atoms with E-state index in [0.29, 0.717) is 35.9 Å². The van der Waals surface area contributed by atoms with Crippen molar-refractivity contribution in [3.63, 3.8) is 0 Å². The second-order valence-electron chi connectivity index (χ2n) is 7.05. The maximum Gasteiger partial charge on any atom is 0.268 e. The molecule has 0 aromatic carbocycles. The largest absolute Gasteiger partial charge is 0.334 e. The van der Waals surface area contributed by atoms with Gasteiger partial charge in [-0.2, -0.15) is 0 Å². The highest BCUT2D eigenvalue weighted by Gasteiger charge is 2.39. The Balaban J connectivity index is 2.17. The summed E-state index contributed by atoms with van der Waals surface area (Å²) < 4.78 is 3.81. The summed E-state index contributed by atoms with van der Waals surface area (Å²) in [7, 11) is 1.66. The Bertz CT molecular complexity index is 658. The molecule has 2 rings (SSSR count). The fourth-order valence-corrected chi connectivity index (χ4v) is 3.87. The van der Waals surface area contributed by atoms with Gasteiger partial charge in [0.25, 0.3) is 5.91 Å². The van der Waals surface area contributed by atoms with E-state index in [1.54, 1.807) is 18.9 Å². The fourth-order valence-electron chi connectivity index (χ4n) is 3.26. The van der Waals surface area contributed by atoms with Crippen molar-refractivity contribution in [3.05, 3.63) is 10.6 Å². The van der Waals surface area contributed by atoms with Gasteiger partial charge >= 0.3 is 0 Å². The van der Waals surface area contributed by atoms with Crippen LogP contribution in [0.1, 0.15) is 55.4 Å². The molecule has 1 saturated heterocycles. The molecule has 1 aliphatic rings. The third-order valence-electron chi connectivity index (χ3n) is 4.62. The summed E-state index contributed by atoms with van der Waals surface area (Å²) in [5.74, 6) is -0.0823. The van der Waals surface area contributed by atoms with Crippen molar-refractivity contribution in [2.45, 2.75) is 59.0 Å². The zero-order chi connectivity index (χ0) is 18.7. The Hall–Kier alpha value is -1.83. The molecule has 1 unspecified atom stereocenters. The molecular weight excluding hydrogens is 340 g/mol. The van der Waals surface area contributed by atoms with Gasteiger partial charge in [0, 0.05) is 13.6 Å². The third kappa shape index (κ3) is 4.23. The fraction of sp³-hybridized carbons (Fsp3) is 0.706. The molecule has 138 valence electrons. The lowest BCUT2D eigenvalue weighted by Crippen LogP contribution is -2.51. The number of amides is 2. The number of likely N-dealkylation sites (tertiary alicyclic amines) is 1. The summed E-state index contributed by atoms with van der Waals surface area (Å²) in [6, 6.07) is -0.968. The highest BCUT2D eigenvalue weighted by molar-refractivity contribution is 7.08. The van der Waals surface area contributed by atoms with Crippen LogP contribution in [0.4, 0.5) is 0 Å². The third-order valence-corrected chi connectivity index (χ3v) is 5.44. The summed E-state index contributed by atoms with van der Waals surface area (Å²) >= 11 is 1.05. The first kappa shape index (κ1) is 19.5. The Morgan fingerprint density at radius 2 is 2.04 bits per heavy atom. The molecule has 1 aliphatic heterocycles. The highest BCUT2D eigenvalue weighted by atomic mass is 32.1. The van der Waals surface area contributed by atoms with Gasteiger partial charge in [0.1, 0.15) is 10.9 Å². The summed E-state index contributed by atoms with van der Waals surface area (Å²) in [6.45, 7) is 7.85. The number of carbonyl (C=O) groups is 3. The van der Waals surface area contributed by atoms with Crippen molar-refractivity contribution >= 4 is 29.1 Å². The molecule has 7 nitrogen and oxygen atoms in total. The number of aromatic nitrogens is 2. The lowest BCUT2D eigenvalue weighted by Gasteiger charge is -2.32. The zero-order valence-corrected chi connectivity index (χ0v) is 16.3. The van der Waals surface area contributed by atoms with Crippen LogP contribution in [-0.2, 0) is 9.59 Å². The number of rotatable bonds is 6. The quantitative estimate of drug-likeness (QED) is 0.768. The minimum atomic E-state index is -0.520. The Kier molecular flexibility index (Phi) is 6.26. The molecule has 0 bridgehead atoms. The maximum absolute atomic E-state index is 13.0. The minimum absolute atomic E-state index is 0.0251. The van der Waals surface area contributed by atoms with Gasteiger partial charge in [-0.1, -0.05) is 18.3 Å². The van der Waals surface area contributed by atoms with Gasteiger partial charge in [0.05, 0.1) is 11.7 Å². The van der Waals surface area contributed by atoms with Crippen LogP contribution in [0.2, 0.25) is 0 Å². The first-order valence-corrected chi connectivity index (χ1v) is 9.38. The van der Waals surface area contributed by atoms with Gasteiger partial charge in [-0.15, -0.1) is 5.10 Å². The van der Waals surface area contributed by atoms with Gasteiger partial charge in [-0.3, -0.25) is 14.4 Å². The number of Topliss-reactive ketones (excluding diaryl/α,β-unsaturated/α-hetero) is 1. The zero-order valence-electron chi connectivity index (χ0n) is 15.5. The van der Waals surface area contributed by atoms with Crippen LogP contribution in [0.15, 0.2) is 0 Å². The van der Waals surface area contributed by atoms with E-state index in [0.717, 1.165) is 18.0 Å². The Morgan fingerprint density at radius 1 is 1.36 bits per heavy atom. The van der Waals surface area contributed by atoms with Gasteiger partial charge in [0.15, 0.2) is 5.78 Å². The molecule has 2 atom stereocenters. The summed E-state index contributed by atoms with van der Waals surface area (Å²) in [5, 5.41) is 3.88. The predicted octanol–water partition coefficient (Wildman–Crippen LogP) is 1.91.